The molecule has 0 aliphatic heterocycles. The average Bonchev–Trinajstić information content (AvgIpc) is 2.95. The van der Waals surface area contributed by atoms with Gasteiger partial charge in [-0.2, -0.15) is 0 Å². The molecule has 5 heteroatoms. The number of ether oxygens (including phenoxy) is 1. The van der Waals surface area contributed by atoms with E-state index in [9.17, 15) is 9.90 Å². The summed E-state index contributed by atoms with van der Waals surface area (Å²) in [6.07, 6.45) is -0.377. The maximum atomic E-state index is 12.1. The van der Waals surface area contributed by atoms with Gasteiger partial charge in [0.15, 0.2) is 0 Å². The Morgan fingerprint density at radius 3 is 2.40 bits per heavy atom. The van der Waals surface area contributed by atoms with Crippen LogP contribution < -0.4 is 4.90 Å². The van der Waals surface area contributed by atoms with Crippen molar-refractivity contribution in [1.82, 2.24) is 0 Å². The third-order valence-corrected chi connectivity index (χ3v) is 4.86. The highest BCUT2D eigenvalue weighted by Gasteiger charge is 2.20. The number of hydrogen-bond acceptors (Lipinski definition) is 4. The molecule has 4 nitrogen and oxygen atoms in total. The Kier molecular flexibility index (Phi) is 4.43. The highest BCUT2D eigenvalue weighted by Crippen LogP contribution is 2.35. The van der Waals surface area contributed by atoms with Crippen molar-refractivity contribution >= 4 is 33.2 Å². The van der Waals surface area contributed by atoms with Gasteiger partial charge in [0.25, 0.3) is 0 Å². The van der Waals surface area contributed by atoms with Gasteiger partial charge in [-0.25, -0.2) is 4.79 Å². The number of rotatable bonds is 2. The van der Waals surface area contributed by atoms with Crippen LogP contribution >= 0.6 is 11.3 Å². The number of anilines is 1. The Bertz CT molecular complexity index is 907. The molecule has 3 rings (SSSR count). The van der Waals surface area contributed by atoms with Crippen molar-refractivity contribution in [1.29, 1.82) is 0 Å². The molecule has 0 radical (unpaired) electrons. The van der Waals surface area contributed by atoms with E-state index in [0.717, 1.165) is 26.2 Å². The number of phenolic OH excluding ortho intramolecular Hbond substituents is 1. The minimum Gasteiger partial charge on any atom is -0.508 e. The van der Waals surface area contributed by atoms with Crippen LogP contribution in [0.3, 0.4) is 0 Å². The van der Waals surface area contributed by atoms with E-state index in [1.165, 1.54) is 4.90 Å². The van der Waals surface area contributed by atoms with Crippen molar-refractivity contribution in [3.8, 4) is 16.2 Å². The van der Waals surface area contributed by atoms with E-state index in [2.05, 4.69) is 6.07 Å². The molecule has 0 fully saturated rings. The van der Waals surface area contributed by atoms with Gasteiger partial charge in [0.2, 0.25) is 0 Å². The van der Waals surface area contributed by atoms with Crippen molar-refractivity contribution in [2.75, 3.05) is 11.9 Å². The van der Waals surface area contributed by atoms with Crippen molar-refractivity contribution in [2.24, 2.45) is 0 Å². The number of benzene rings is 2. The zero-order chi connectivity index (χ0) is 18.2. The fraction of sp³-hybridized carbons (Fsp3) is 0.250. The Balaban J connectivity index is 1.82. The molecule has 0 aliphatic rings. The largest absolute Gasteiger partial charge is 0.508 e. The average molecular weight is 355 g/mol. The number of nitrogens with zero attached hydrogens (tertiary/aromatic N) is 1. The summed E-state index contributed by atoms with van der Waals surface area (Å²) in [5.74, 6) is 0.273. The zero-order valence-electron chi connectivity index (χ0n) is 14.7. The Morgan fingerprint density at radius 1 is 1.08 bits per heavy atom. The summed E-state index contributed by atoms with van der Waals surface area (Å²) in [7, 11) is 1.70. The monoisotopic (exact) mass is 355 g/mol. The van der Waals surface area contributed by atoms with Crippen LogP contribution in [0.2, 0.25) is 0 Å². The molecule has 0 unspecified atom stereocenters. The number of phenols is 1. The number of hydrogen-bond donors (Lipinski definition) is 1. The lowest BCUT2D eigenvalue weighted by Gasteiger charge is -2.24. The maximum absolute atomic E-state index is 12.1. The zero-order valence-corrected chi connectivity index (χ0v) is 15.6. The lowest BCUT2D eigenvalue weighted by atomic mass is 10.1. The minimum absolute atomic E-state index is 0.273. The molecule has 0 aliphatic carbocycles. The summed E-state index contributed by atoms with van der Waals surface area (Å²) in [5, 5.41) is 10.7. The van der Waals surface area contributed by atoms with Gasteiger partial charge in [-0.1, -0.05) is 12.1 Å². The minimum atomic E-state index is -0.520. The quantitative estimate of drug-likeness (QED) is 0.646. The molecule has 25 heavy (non-hydrogen) atoms. The van der Waals surface area contributed by atoms with Gasteiger partial charge in [-0.3, -0.25) is 4.90 Å². The van der Waals surface area contributed by atoms with Crippen LogP contribution in [0.1, 0.15) is 20.8 Å². The van der Waals surface area contributed by atoms with Crippen LogP contribution in [0, 0.1) is 0 Å². The SMILES string of the molecule is CN(C(=O)OC(C)(C)C)c1ccc(-c2cc3ccc(O)cc3s2)cc1. The van der Waals surface area contributed by atoms with Crippen LogP contribution in [-0.4, -0.2) is 23.8 Å². The smallest absolute Gasteiger partial charge is 0.414 e. The summed E-state index contributed by atoms with van der Waals surface area (Å²) in [4.78, 5) is 14.8. The number of fused-ring (bicyclic) bond motifs is 1. The van der Waals surface area contributed by atoms with Crippen molar-refractivity contribution in [3.05, 3.63) is 48.5 Å². The number of carbonyl (C=O) groups excluding carboxylic acids is 1. The third-order valence-electron chi connectivity index (χ3n) is 3.71. The first-order chi connectivity index (χ1) is 11.7. The van der Waals surface area contributed by atoms with Crippen molar-refractivity contribution in [2.45, 2.75) is 26.4 Å². The number of amides is 1. The third kappa shape index (κ3) is 3.94. The van der Waals surface area contributed by atoms with Crippen LogP contribution in [0.5, 0.6) is 5.75 Å². The van der Waals surface area contributed by atoms with E-state index in [-0.39, 0.29) is 11.8 Å². The van der Waals surface area contributed by atoms with Crippen LogP contribution in [0.4, 0.5) is 10.5 Å². The molecule has 130 valence electrons. The Morgan fingerprint density at radius 2 is 1.76 bits per heavy atom. The molecular weight excluding hydrogens is 334 g/mol. The van der Waals surface area contributed by atoms with Gasteiger partial charge in [0.1, 0.15) is 11.4 Å². The normalized spacial score (nSPS) is 11.5. The molecule has 0 spiro atoms. The molecule has 1 aromatic heterocycles. The summed E-state index contributed by atoms with van der Waals surface area (Å²) >= 11 is 1.63. The highest BCUT2D eigenvalue weighted by molar-refractivity contribution is 7.22. The molecule has 0 bridgehead atoms. The lowest BCUT2D eigenvalue weighted by molar-refractivity contribution is 0.0589. The van der Waals surface area contributed by atoms with Gasteiger partial charge < -0.3 is 9.84 Å². The highest BCUT2D eigenvalue weighted by atomic mass is 32.1. The first-order valence-electron chi connectivity index (χ1n) is 8.03. The van der Waals surface area contributed by atoms with E-state index in [1.54, 1.807) is 30.5 Å². The van der Waals surface area contributed by atoms with Gasteiger partial charge in [-0.05, 0) is 68.1 Å². The Hall–Kier alpha value is -2.53. The molecule has 1 heterocycles. The van der Waals surface area contributed by atoms with Crippen LogP contribution in [0.25, 0.3) is 20.5 Å². The first-order valence-corrected chi connectivity index (χ1v) is 8.84. The number of aromatic hydroxyl groups is 1. The van der Waals surface area contributed by atoms with Gasteiger partial charge >= 0.3 is 6.09 Å². The number of carbonyl (C=O) groups is 1. The molecule has 0 saturated carbocycles. The van der Waals surface area contributed by atoms with Crippen molar-refractivity contribution < 1.29 is 14.6 Å². The van der Waals surface area contributed by atoms with Crippen molar-refractivity contribution in [3.63, 3.8) is 0 Å². The molecule has 3 aromatic rings. The van der Waals surface area contributed by atoms with E-state index < -0.39 is 5.60 Å². The van der Waals surface area contributed by atoms with Crippen LogP contribution in [-0.2, 0) is 4.74 Å². The van der Waals surface area contributed by atoms with Gasteiger partial charge in [0.05, 0.1) is 0 Å². The predicted octanol–water partition coefficient (Wildman–Crippen LogP) is 5.65. The second kappa shape index (κ2) is 6.41. The first kappa shape index (κ1) is 17.3. The summed E-state index contributed by atoms with van der Waals surface area (Å²) in [6, 6.07) is 15.3. The fourth-order valence-corrected chi connectivity index (χ4v) is 3.55. The van der Waals surface area contributed by atoms with E-state index in [1.807, 2.05) is 51.1 Å². The molecule has 0 atom stereocenters. The van der Waals surface area contributed by atoms with Crippen LogP contribution in [0.15, 0.2) is 48.5 Å². The second-order valence-corrected chi connectivity index (χ2v) is 8.00. The van der Waals surface area contributed by atoms with E-state index in [4.69, 9.17) is 4.74 Å². The second-order valence-electron chi connectivity index (χ2n) is 6.92. The molecule has 1 N–H and O–H groups in total. The summed E-state index contributed by atoms with van der Waals surface area (Å²) in [5.41, 5.74) is 1.33. The molecule has 1 amide bonds. The topological polar surface area (TPSA) is 49.8 Å². The predicted molar refractivity (Wildman–Crippen MR) is 104 cm³/mol. The van der Waals surface area contributed by atoms with E-state index in [0.29, 0.717) is 0 Å². The van der Waals surface area contributed by atoms with Gasteiger partial charge in [0, 0.05) is 22.3 Å². The number of thiophene rings is 1. The molecule has 0 saturated heterocycles. The lowest BCUT2D eigenvalue weighted by Crippen LogP contribution is -2.34. The van der Waals surface area contributed by atoms with Gasteiger partial charge in [-0.15, -0.1) is 11.3 Å². The van der Waals surface area contributed by atoms with E-state index >= 15 is 0 Å². The standard InChI is InChI=1S/C20H21NO3S/c1-20(2,3)24-19(23)21(4)15-8-5-13(6-9-15)17-11-14-7-10-16(22)12-18(14)25-17/h5-12,22H,1-4H3. The fourth-order valence-electron chi connectivity index (χ4n) is 2.45. The maximum Gasteiger partial charge on any atom is 0.414 e. The molecule has 2 aromatic carbocycles. The summed E-state index contributed by atoms with van der Waals surface area (Å²) in [6.45, 7) is 5.54. The Labute approximate surface area is 151 Å². The summed E-state index contributed by atoms with van der Waals surface area (Å²) < 4.78 is 6.43. The molecular formula is C20H21NO3S.